The molecule has 0 fully saturated rings. The van der Waals surface area contributed by atoms with Gasteiger partial charge in [-0.1, -0.05) is 66.8 Å². The Morgan fingerprint density at radius 1 is 0.864 bits per heavy atom. The van der Waals surface area contributed by atoms with Gasteiger partial charge in [0.1, 0.15) is 0 Å². The third kappa shape index (κ3) is 4.21. The van der Waals surface area contributed by atoms with Crippen molar-refractivity contribution in [1.82, 2.24) is 0 Å². The number of hydrogen-bond acceptors (Lipinski definition) is 0. The molecule has 2 aromatic rings. The van der Waals surface area contributed by atoms with E-state index >= 15 is 0 Å². The molecule has 0 aromatic heterocycles. The Labute approximate surface area is 135 Å². The highest BCUT2D eigenvalue weighted by molar-refractivity contribution is 5.66. The minimum absolute atomic E-state index is 0.965. The van der Waals surface area contributed by atoms with Crippen LogP contribution in [0.2, 0.25) is 0 Å². The van der Waals surface area contributed by atoms with Crippen molar-refractivity contribution in [3.05, 3.63) is 89.0 Å². The molecule has 0 amide bonds. The molecule has 0 unspecified atom stereocenters. The van der Waals surface area contributed by atoms with Crippen molar-refractivity contribution in [3.8, 4) is 0 Å². The van der Waals surface area contributed by atoms with E-state index in [1.807, 2.05) is 0 Å². The van der Waals surface area contributed by atoms with Crippen LogP contribution in [-0.2, 0) is 6.42 Å². The minimum Gasteiger partial charge on any atom is -0.0995 e. The highest BCUT2D eigenvalue weighted by Crippen LogP contribution is 2.24. The predicted octanol–water partition coefficient (Wildman–Crippen LogP) is 6.20. The molecule has 0 saturated carbocycles. The van der Waals surface area contributed by atoms with Crippen LogP contribution >= 0.6 is 0 Å². The first kappa shape index (κ1) is 16.3. The third-order valence-electron chi connectivity index (χ3n) is 4.24. The van der Waals surface area contributed by atoms with Crippen LogP contribution in [0, 0.1) is 20.8 Å². The van der Waals surface area contributed by atoms with Crippen LogP contribution < -0.4 is 0 Å². The van der Waals surface area contributed by atoms with Crippen LogP contribution in [0.3, 0.4) is 0 Å². The van der Waals surface area contributed by atoms with Gasteiger partial charge in [-0.05, 0) is 67.9 Å². The topological polar surface area (TPSA) is 0 Å². The molecule has 0 N–H and O–H groups in total. The molecule has 0 heterocycles. The van der Waals surface area contributed by atoms with Crippen LogP contribution in [0.4, 0.5) is 0 Å². The Morgan fingerprint density at radius 3 is 2.27 bits per heavy atom. The number of benzene rings is 2. The van der Waals surface area contributed by atoms with E-state index in [0.717, 1.165) is 19.3 Å². The van der Waals surface area contributed by atoms with E-state index < -0.39 is 0 Å². The molecule has 0 nitrogen and oxygen atoms in total. The number of hydrogen-bond donors (Lipinski definition) is 0. The van der Waals surface area contributed by atoms with Gasteiger partial charge in [-0.2, -0.15) is 0 Å². The Hall–Kier alpha value is -2.08. The fraction of sp³-hybridized carbons (Fsp3) is 0.273. The summed E-state index contributed by atoms with van der Waals surface area (Å²) in [6.07, 6.45) is 2.95. The number of aryl methyl sites for hydroxylation is 3. The average Bonchev–Trinajstić information content (AvgIpc) is 2.48. The van der Waals surface area contributed by atoms with E-state index in [-0.39, 0.29) is 0 Å². The first-order chi connectivity index (χ1) is 10.5. The normalized spacial score (nSPS) is 10.5. The standard InChI is InChI=1S/C22H26/c1-16-11-13-21(20(5)14-16)15-17(2)10-12-19(4)22-9-7-6-8-18(22)3/h6-9,11,13-14H,2,4,10,12,15H2,1,3,5H3. The highest BCUT2D eigenvalue weighted by atomic mass is 14.1. The predicted molar refractivity (Wildman–Crippen MR) is 98.2 cm³/mol. The van der Waals surface area contributed by atoms with Crippen LogP contribution in [0.1, 0.15) is 40.7 Å². The summed E-state index contributed by atoms with van der Waals surface area (Å²) in [5.41, 5.74) is 9.13. The van der Waals surface area contributed by atoms with Gasteiger partial charge in [0.15, 0.2) is 0 Å². The molecule has 114 valence electrons. The average molecular weight is 290 g/mol. The van der Waals surface area contributed by atoms with Gasteiger partial charge in [0, 0.05) is 0 Å². The second-order valence-electron chi connectivity index (χ2n) is 6.28. The van der Waals surface area contributed by atoms with E-state index in [0.29, 0.717) is 0 Å². The molecule has 0 aliphatic heterocycles. The smallest absolute Gasteiger partial charge is 0.00671 e. The van der Waals surface area contributed by atoms with Crippen LogP contribution in [0.15, 0.2) is 61.2 Å². The zero-order chi connectivity index (χ0) is 16.1. The Morgan fingerprint density at radius 2 is 1.59 bits per heavy atom. The first-order valence-corrected chi connectivity index (χ1v) is 7.94. The highest BCUT2D eigenvalue weighted by Gasteiger charge is 2.05. The summed E-state index contributed by atoms with van der Waals surface area (Å²) >= 11 is 0. The molecule has 0 bridgehead atoms. The van der Waals surface area contributed by atoms with Crippen molar-refractivity contribution in [2.75, 3.05) is 0 Å². The third-order valence-corrected chi connectivity index (χ3v) is 4.24. The van der Waals surface area contributed by atoms with E-state index in [2.05, 4.69) is 76.4 Å². The molecule has 0 aliphatic carbocycles. The summed E-state index contributed by atoms with van der Waals surface area (Å²) < 4.78 is 0. The van der Waals surface area contributed by atoms with Gasteiger partial charge in [-0.15, -0.1) is 0 Å². The van der Waals surface area contributed by atoms with Gasteiger partial charge < -0.3 is 0 Å². The lowest BCUT2D eigenvalue weighted by Gasteiger charge is -2.12. The van der Waals surface area contributed by atoms with Crippen molar-refractivity contribution < 1.29 is 0 Å². The van der Waals surface area contributed by atoms with Crippen molar-refractivity contribution in [2.24, 2.45) is 0 Å². The fourth-order valence-corrected chi connectivity index (χ4v) is 2.83. The summed E-state index contributed by atoms with van der Waals surface area (Å²) in [6, 6.07) is 15.1. The van der Waals surface area contributed by atoms with E-state index in [9.17, 15) is 0 Å². The lowest BCUT2D eigenvalue weighted by atomic mass is 9.93. The molecular weight excluding hydrogens is 264 g/mol. The minimum atomic E-state index is 0.965. The SMILES string of the molecule is C=C(CCC(=C)c1ccccc1C)Cc1ccc(C)cc1C. The maximum atomic E-state index is 4.26. The number of allylic oxidation sites excluding steroid dienone is 2. The molecule has 0 heteroatoms. The number of rotatable bonds is 6. The van der Waals surface area contributed by atoms with Gasteiger partial charge in [0.05, 0.1) is 0 Å². The lowest BCUT2D eigenvalue weighted by Crippen LogP contribution is -1.95. The van der Waals surface area contributed by atoms with E-state index in [4.69, 9.17) is 0 Å². The first-order valence-electron chi connectivity index (χ1n) is 7.94. The largest absolute Gasteiger partial charge is 0.0995 e. The van der Waals surface area contributed by atoms with Crippen molar-refractivity contribution in [2.45, 2.75) is 40.0 Å². The van der Waals surface area contributed by atoms with Crippen molar-refractivity contribution in [3.63, 3.8) is 0 Å². The molecule has 0 radical (unpaired) electrons. The summed E-state index contributed by atoms with van der Waals surface area (Å²) in [5, 5.41) is 0. The Bertz CT molecular complexity index is 689. The molecule has 0 aliphatic rings. The van der Waals surface area contributed by atoms with Crippen LogP contribution in [0.25, 0.3) is 5.57 Å². The fourth-order valence-electron chi connectivity index (χ4n) is 2.83. The summed E-state index contributed by atoms with van der Waals surface area (Å²) in [4.78, 5) is 0. The van der Waals surface area contributed by atoms with Gasteiger partial charge in [0.2, 0.25) is 0 Å². The van der Waals surface area contributed by atoms with Gasteiger partial charge in [0.25, 0.3) is 0 Å². The molecule has 0 spiro atoms. The van der Waals surface area contributed by atoms with Crippen molar-refractivity contribution >= 4 is 5.57 Å². The second-order valence-corrected chi connectivity index (χ2v) is 6.28. The molecule has 2 aromatic carbocycles. The zero-order valence-corrected chi connectivity index (χ0v) is 14.1. The van der Waals surface area contributed by atoms with E-state index in [1.165, 1.54) is 39.0 Å². The van der Waals surface area contributed by atoms with Gasteiger partial charge in [-0.3, -0.25) is 0 Å². The molecular formula is C22H26. The molecule has 22 heavy (non-hydrogen) atoms. The zero-order valence-electron chi connectivity index (χ0n) is 14.1. The Kier molecular flexibility index (Phi) is 5.38. The second kappa shape index (κ2) is 7.26. The Balaban J connectivity index is 1.93. The van der Waals surface area contributed by atoms with Gasteiger partial charge >= 0.3 is 0 Å². The molecule has 2 rings (SSSR count). The quantitative estimate of drug-likeness (QED) is 0.555. The van der Waals surface area contributed by atoms with Crippen LogP contribution in [0.5, 0.6) is 0 Å². The van der Waals surface area contributed by atoms with Gasteiger partial charge in [-0.25, -0.2) is 0 Å². The van der Waals surface area contributed by atoms with E-state index in [1.54, 1.807) is 0 Å². The molecule has 0 atom stereocenters. The van der Waals surface area contributed by atoms with Crippen LogP contribution in [-0.4, -0.2) is 0 Å². The summed E-state index contributed by atoms with van der Waals surface area (Å²) in [7, 11) is 0. The maximum absolute atomic E-state index is 4.26. The summed E-state index contributed by atoms with van der Waals surface area (Å²) in [5.74, 6) is 0. The lowest BCUT2D eigenvalue weighted by molar-refractivity contribution is 0.937. The summed E-state index contributed by atoms with van der Waals surface area (Å²) in [6.45, 7) is 15.0. The monoisotopic (exact) mass is 290 g/mol. The molecule has 0 saturated heterocycles. The maximum Gasteiger partial charge on any atom is -0.00671 e. The van der Waals surface area contributed by atoms with Crippen molar-refractivity contribution in [1.29, 1.82) is 0 Å².